The lowest BCUT2D eigenvalue weighted by atomic mass is 9.95. The predicted octanol–water partition coefficient (Wildman–Crippen LogP) is 2.53. The zero-order valence-corrected chi connectivity index (χ0v) is 11.5. The predicted molar refractivity (Wildman–Crippen MR) is 67.8 cm³/mol. The Balaban J connectivity index is 2.09. The van der Waals surface area contributed by atoms with Crippen molar-refractivity contribution in [2.75, 3.05) is 6.61 Å². The molecule has 5 nitrogen and oxygen atoms in total. The first-order valence-electron chi connectivity index (χ1n) is 6.75. The number of rotatable bonds is 4. The molecule has 0 spiro atoms. The molecule has 2 N–H and O–H groups in total. The Morgan fingerprint density at radius 1 is 1.39 bits per heavy atom. The third-order valence-electron chi connectivity index (χ3n) is 3.43. The number of hydrogen-bond acceptors (Lipinski definition) is 5. The van der Waals surface area contributed by atoms with Gasteiger partial charge in [-0.05, 0) is 38.5 Å². The van der Waals surface area contributed by atoms with Crippen molar-refractivity contribution in [2.45, 2.75) is 58.1 Å². The summed E-state index contributed by atoms with van der Waals surface area (Å²) in [5.74, 6) is 1.67. The summed E-state index contributed by atoms with van der Waals surface area (Å²) in [6.07, 6.45) is 4.02. The molecule has 0 bridgehead atoms. The lowest BCUT2D eigenvalue weighted by Gasteiger charge is -2.30. The fraction of sp³-hybridized carbons (Fsp3) is 0.846. The Morgan fingerprint density at radius 2 is 2.17 bits per heavy atom. The SMILES string of the molecule is CC(C)CC(N)c1nc(C2(C)CCCCO2)no1. The van der Waals surface area contributed by atoms with Gasteiger partial charge in [-0.25, -0.2) is 0 Å². The van der Waals surface area contributed by atoms with Crippen LogP contribution in [-0.4, -0.2) is 16.7 Å². The van der Waals surface area contributed by atoms with E-state index in [0.29, 0.717) is 17.6 Å². The Labute approximate surface area is 108 Å². The summed E-state index contributed by atoms with van der Waals surface area (Å²) in [7, 11) is 0. The van der Waals surface area contributed by atoms with Gasteiger partial charge in [0.25, 0.3) is 0 Å². The van der Waals surface area contributed by atoms with Gasteiger partial charge in [-0.2, -0.15) is 4.98 Å². The molecule has 1 aromatic heterocycles. The average molecular weight is 253 g/mol. The first kappa shape index (κ1) is 13.5. The van der Waals surface area contributed by atoms with Crippen LogP contribution in [0.25, 0.3) is 0 Å². The van der Waals surface area contributed by atoms with Gasteiger partial charge in [0, 0.05) is 6.61 Å². The van der Waals surface area contributed by atoms with Crippen LogP contribution < -0.4 is 5.73 Å². The average Bonchev–Trinajstić information content (AvgIpc) is 2.79. The Kier molecular flexibility index (Phi) is 4.02. The van der Waals surface area contributed by atoms with Crippen LogP contribution >= 0.6 is 0 Å². The van der Waals surface area contributed by atoms with E-state index in [-0.39, 0.29) is 6.04 Å². The minimum Gasteiger partial charge on any atom is -0.367 e. The highest BCUT2D eigenvalue weighted by molar-refractivity contribution is 5.02. The summed E-state index contributed by atoms with van der Waals surface area (Å²) < 4.78 is 11.1. The van der Waals surface area contributed by atoms with Crippen LogP contribution in [0.2, 0.25) is 0 Å². The van der Waals surface area contributed by atoms with Gasteiger partial charge in [0.1, 0.15) is 5.60 Å². The zero-order chi connectivity index (χ0) is 13.2. The van der Waals surface area contributed by atoms with Crippen molar-refractivity contribution in [3.8, 4) is 0 Å². The molecular weight excluding hydrogens is 230 g/mol. The number of ether oxygens (including phenoxy) is 1. The van der Waals surface area contributed by atoms with Crippen LogP contribution in [0.15, 0.2) is 4.52 Å². The van der Waals surface area contributed by atoms with Gasteiger partial charge in [0.05, 0.1) is 6.04 Å². The van der Waals surface area contributed by atoms with Gasteiger partial charge in [-0.15, -0.1) is 0 Å². The van der Waals surface area contributed by atoms with E-state index < -0.39 is 5.60 Å². The second-order valence-corrected chi connectivity index (χ2v) is 5.73. The van der Waals surface area contributed by atoms with Crippen LogP contribution in [0.4, 0.5) is 0 Å². The zero-order valence-electron chi connectivity index (χ0n) is 11.5. The van der Waals surface area contributed by atoms with Gasteiger partial charge in [0.2, 0.25) is 11.7 Å². The van der Waals surface area contributed by atoms with Gasteiger partial charge in [0.15, 0.2) is 0 Å². The number of hydrogen-bond donors (Lipinski definition) is 1. The van der Waals surface area contributed by atoms with Crippen molar-refractivity contribution in [3.05, 3.63) is 11.7 Å². The lowest BCUT2D eigenvalue weighted by molar-refractivity contribution is -0.0770. The molecule has 0 radical (unpaired) electrons. The van der Waals surface area contributed by atoms with Crippen molar-refractivity contribution >= 4 is 0 Å². The first-order valence-corrected chi connectivity index (χ1v) is 6.75. The molecule has 0 aromatic carbocycles. The molecule has 2 heterocycles. The van der Waals surface area contributed by atoms with Gasteiger partial charge in [-0.1, -0.05) is 19.0 Å². The monoisotopic (exact) mass is 253 g/mol. The molecule has 0 saturated carbocycles. The maximum absolute atomic E-state index is 6.04. The van der Waals surface area contributed by atoms with Gasteiger partial charge >= 0.3 is 0 Å². The molecule has 5 heteroatoms. The van der Waals surface area contributed by atoms with E-state index in [9.17, 15) is 0 Å². The Hall–Kier alpha value is -0.940. The second kappa shape index (κ2) is 5.36. The molecule has 1 aliphatic heterocycles. The largest absolute Gasteiger partial charge is 0.367 e. The maximum Gasteiger partial charge on any atom is 0.243 e. The van der Waals surface area contributed by atoms with Crippen LogP contribution in [-0.2, 0) is 10.3 Å². The van der Waals surface area contributed by atoms with Gasteiger partial charge < -0.3 is 15.0 Å². The quantitative estimate of drug-likeness (QED) is 0.892. The Morgan fingerprint density at radius 3 is 2.78 bits per heavy atom. The number of nitrogens with two attached hydrogens (primary N) is 1. The third kappa shape index (κ3) is 2.90. The molecular formula is C13H23N3O2. The maximum atomic E-state index is 6.04. The van der Waals surface area contributed by atoms with Crippen molar-refractivity contribution in [1.29, 1.82) is 0 Å². The fourth-order valence-electron chi connectivity index (χ4n) is 2.32. The second-order valence-electron chi connectivity index (χ2n) is 5.73. The number of aromatic nitrogens is 2. The minimum atomic E-state index is -0.405. The molecule has 0 aliphatic carbocycles. The van der Waals surface area contributed by atoms with Crippen LogP contribution in [0.5, 0.6) is 0 Å². The normalized spacial score (nSPS) is 26.5. The van der Waals surface area contributed by atoms with Crippen molar-refractivity contribution in [3.63, 3.8) is 0 Å². The van der Waals surface area contributed by atoms with E-state index in [2.05, 4.69) is 24.0 Å². The highest BCUT2D eigenvalue weighted by Gasteiger charge is 2.35. The van der Waals surface area contributed by atoms with E-state index in [0.717, 1.165) is 32.3 Å². The molecule has 18 heavy (non-hydrogen) atoms. The van der Waals surface area contributed by atoms with Gasteiger partial charge in [-0.3, -0.25) is 0 Å². The molecule has 2 atom stereocenters. The highest BCUT2D eigenvalue weighted by Crippen LogP contribution is 2.33. The number of nitrogens with zero attached hydrogens (tertiary/aromatic N) is 2. The van der Waals surface area contributed by atoms with Crippen molar-refractivity contribution < 1.29 is 9.26 Å². The summed E-state index contributed by atoms with van der Waals surface area (Å²) >= 11 is 0. The molecule has 2 rings (SSSR count). The summed E-state index contributed by atoms with van der Waals surface area (Å²) in [6, 6.07) is -0.182. The molecule has 0 amide bonds. The summed E-state index contributed by atoms with van der Waals surface area (Å²) in [5, 5.41) is 4.05. The summed E-state index contributed by atoms with van der Waals surface area (Å²) in [4.78, 5) is 4.43. The van der Waals surface area contributed by atoms with Crippen LogP contribution in [0, 0.1) is 5.92 Å². The molecule has 1 fully saturated rings. The smallest absolute Gasteiger partial charge is 0.243 e. The van der Waals surface area contributed by atoms with E-state index in [4.69, 9.17) is 15.0 Å². The standard InChI is InChI=1S/C13H23N3O2/c1-9(2)8-10(14)11-15-12(16-18-11)13(3)6-4-5-7-17-13/h9-10H,4-8,14H2,1-3H3. The van der Waals surface area contributed by atoms with Crippen LogP contribution in [0.3, 0.4) is 0 Å². The molecule has 1 aromatic rings. The lowest BCUT2D eigenvalue weighted by Crippen LogP contribution is -2.31. The van der Waals surface area contributed by atoms with Crippen LogP contribution in [0.1, 0.15) is 64.2 Å². The minimum absolute atomic E-state index is 0.182. The van der Waals surface area contributed by atoms with E-state index in [1.54, 1.807) is 0 Å². The summed E-state index contributed by atoms with van der Waals surface area (Å²) in [5.41, 5.74) is 5.64. The fourth-order valence-corrected chi connectivity index (χ4v) is 2.32. The van der Waals surface area contributed by atoms with Crippen molar-refractivity contribution in [2.24, 2.45) is 11.7 Å². The van der Waals surface area contributed by atoms with Crippen molar-refractivity contribution in [1.82, 2.24) is 10.1 Å². The Bertz CT molecular complexity index is 383. The molecule has 102 valence electrons. The van der Waals surface area contributed by atoms with E-state index in [1.165, 1.54) is 0 Å². The van der Waals surface area contributed by atoms with E-state index in [1.807, 2.05) is 6.92 Å². The first-order chi connectivity index (χ1) is 8.51. The molecule has 1 aliphatic rings. The highest BCUT2D eigenvalue weighted by atomic mass is 16.5. The van der Waals surface area contributed by atoms with E-state index >= 15 is 0 Å². The summed E-state index contributed by atoms with van der Waals surface area (Å²) in [6.45, 7) is 7.04. The molecule has 2 unspecified atom stereocenters. The topological polar surface area (TPSA) is 74.2 Å². The molecule has 1 saturated heterocycles. The third-order valence-corrected chi connectivity index (χ3v) is 3.43.